The number of ketones is 1. The van der Waals surface area contributed by atoms with Crippen LogP contribution in [-0.2, 0) is 0 Å². The Hall–Kier alpha value is -1.15. The molecule has 1 aromatic rings. The molecule has 0 radical (unpaired) electrons. The minimum Gasteiger partial charge on any atom is -0.295 e. The summed E-state index contributed by atoms with van der Waals surface area (Å²) in [4.78, 5) is 15.0. The van der Waals surface area contributed by atoms with Crippen molar-refractivity contribution in [1.82, 2.24) is 4.90 Å². The van der Waals surface area contributed by atoms with Gasteiger partial charge < -0.3 is 0 Å². The van der Waals surface area contributed by atoms with Crippen LogP contribution < -0.4 is 0 Å². The van der Waals surface area contributed by atoms with E-state index in [2.05, 4.69) is 58.6 Å². The lowest BCUT2D eigenvalue weighted by Gasteiger charge is -2.25. The lowest BCUT2D eigenvalue weighted by atomic mass is 9.97. The van der Waals surface area contributed by atoms with Gasteiger partial charge in [0.05, 0.1) is 6.54 Å². The minimum atomic E-state index is 0.247. The van der Waals surface area contributed by atoms with Crippen molar-refractivity contribution in [2.24, 2.45) is 11.8 Å². The van der Waals surface area contributed by atoms with Crippen LogP contribution in [0.15, 0.2) is 12.1 Å². The van der Waals surface area contributed by atoms with Crippen LogP contribution >= 0.6 is 0 Å². The maximum absolute atomic E-state index is 12.7. The molecule has 1 rings (SSSR count). The smallest absolute Gasteiger partial charge is 0.177 e. The number of hydrogen-bond acceptors (Lipinski definition) is 2. The molecule has 0 fully saturated rings. The van der Waals surface area contributed by atoms with Crippen LogP contribution in [0.2, 0.25) is 0 Å². The van der Waals surface area contributed by atoms with Crippen LogP contribution in [0, 0.1) is 32.6 Å². The fourth-order valence-electron chi connectivity index (χ4n) is 2.79. The molecule has 1 aromatic carbocycles. The van der Waals surface area contributed by atoms with Gasteiger partial charge >= 0.3 is 0 Å². The van der Waals surface area contributed by atoms with Crippen molar-refractivity contribution in [1.29, 1.82) is 0 Å². The van der Waals surface area contributed by atoms with Gasteiger partial charge in [-0.15, -0.1) is 0 Å². The van der Waals surface area contributed by atoms with E-state index in [1.54, 1.807) is 0 Å². The summed E-state index contributed by atoms with van der Waals surface area (Å²) in [5.41, 5.74) is 4.43. The highest BCUT2D eigenvalue weighted by atomic mass is 16.1. The van der Waals surface area contributed by atoms with E-state index in [1.807, 2.05) is 6.92 Å². The van der Waals surface area contributed by atoms with Gasteiger partial charge in [-0.05, 0) is 55.4 Å². The number of rotatable bonds is 7. The summed E-state index contributed by atoms with van der Waals surface area (Å²) in [6, 6.07) is 4.17. The molecule has 0 N–H and O–H groups in total. The van der Waals surface area contributed by atoms with Crippen molar-refractivity contribution < 1.29 is 4.79 Å². The fourth-order valence-corrected chi connectivity index (χ4v) is 2.79. The number of hydrogen-bond donors (Lipinski definition) is 0. The molecule has 0 aromatic heterocycles. The summed E-state index contributed by atoms with van der Waals surface area (Å²) in [6.07, 6.45) is 0. The Morgan fingerprint density at radius 1 is 0.905 bits per heavy atom. The Morgan fingerprint density at radius 2 is 1.38 bits per heavy atom. The van der Waals surface area contributed by atoms with E-state index in [0.717, 1.165) is 24.2 Å². The number of benzene rings is 1. The third kappa shape index (κ3) is 5.62. The van der Waals surface area contributed by atoms with Crippen LogP contribution in [0.3, 0.4) is 0 Å². The number of carbonyl (C=O) groups is 1. The number of nitrogens with zero attached hydrogens (tertiary/aromatic N) is 1. The van der Waals surface area contributed by atoms with Gasteiger partial charge in [-0.2, -0.15) is 0 Å². The molecule has 118 valence electrons. The van der Waals surface area contributed by atoms with Crippen LogP contribution in [-0.4, -0.2) is 30.3 Å². The van der Waals surface area contributed by atoms with E-state index in [4.69, 9.17) is 0 Å². The van der Waals surface area contributed by atoms with E-state index in [1.165, 1.54) is 11.1 Å². The molecule has 0 aliphatic heterocycles. The van der Waals surface area contributed by atoms with E-state index in [0.29, 0.717) is 18.4 Å². The highest BCUT2D eigenvalue weighted by molar-refractivity contribution is 5.99. The molecular formula is C19H31NO. The van der Waals surface area contributed by atoms with Gasteiger partial charge in [0, 0.05) is 18.7 Å². The molecule has 0 atom stereocenters. The Labute approximate surface area is 130 Å². The molecule has 0 spiro atoms. The van der Waals surface area contributed by atoms with E-state index in [-0.39, 0.29) is 5.78 Å². The van der Waals surface area contributed by atoms with Crippen molar-refractivity contribution in [2.45, 2.75) is 48.5 Å². The Morgan fingerprint density at radius 3 is 1.86 bits per heavy atom. The maximum Gasteiger partial charge on any atom is 0.177 e. The van der Waals surface area contributed by atoms with Crippen LogP contribution in [0.4, 0.5) is 0 Å². The summed E-state index contributed by atoms with van der Waals surface area (Å²) >= 11 is 0. The average molecular weight is 289 g/mol. The molecule has 0 amide bonds. The van der Waals surface area contributed by atoms with Crippen molar-refractivity contribution in [3.8, 4) is 0 Å². The standard InChI is InChI=1S/C19H31NO/c1-13(2)10-20(11-14(3)4)12-19(21)18-9-16(6)15(5)8-17(18)7/h8-9,13-14H,10-12H2,1-7H3. The first-order valence-corrected chi connectivity index (χ1v) is 8.04. The van der Waals surface area contributed by atoms with Crippen LogP contribution in [0.1, 0.15) is 54.7 Å². The molecule has 0 heterocycles. The first-order valence-electron chi connectivity index (χ1n) is 8.04. The predicted molar refractivity (Wildman–Crippen MR) is 91.1 cm³/mol. The van der Waals surface area contributed by atoms with Gasteiger partial charge in [0.25, 0.3) is 0 Å². The topological polar surface area (TPSA) is 20.3 Å². The summed E-state index contributed by atoms with van der Waals surface area (Å²) < 4.78 is 0. The first kappa shape index (κ1) is 17.9. The zero-order valence-electron chi connectivity index (χ0n) is 14.8. The highest BCUT2D eigenvalue weighted by Gasteiger charge is 2.17. The molecule has 0 saturated carbocycles. The summed E-state index contributed by atoms with van der Waals surface area (Å²) in [6.45, 7) is 17.5. The maximum atomic E-state index is 12.7. The van der Waals surface area contributed by atoms with E-state index < -0.39 is 0 Å². The Kier molecular flexibility index (Phi) is 6.60. The zero-order valence-corrected chi connectivity index (χ0v) is 14.8. The number of Topliss-reactive ketones (excluding diaryl/α,β-unsaturated/α-hetero) is 1. The van der Waals surface area contributed by atoms with E-state index in [9.17, 15) is 4.79 Å². The lowest BCUT2D eigenvalue weighted by Crippen LogP contribution is -2.36. The summed E-state index contributed by atoms with van der Waals surface area (Å²) in [5.74, 6) is 1.41. The van der Waals surface area contributed by atoms with E-state index >= 15 is 0 Å². The fraction of sp³-hybridized carbons (Fsp3) is 0.632. The van der Waals surface area contributed by atoms with Crippen molar-refractivity contribution >= 4 is 5.78 Å². The largest absolute Gasteiger partial charge is 0.295 e. The lowest BCUT2D eigenvalue weighted by molar-refractivity contribution is 0.0911. The third-order valence-corrected chi connectivity index (χ3v) is 3.76. The minimum absolute atomic E-state index is 0.247. The summed E-state index contributed by atoms with van der Waals surface area (Å²) in [7, 11) is 0. The van der Waals surface area contributed by atoms with Crippen LogP contribution in [0.25, 0.3) is 0 Å². The highest BCUT2D eigenvalue weighted by Crippen LogP contribution is 2.17. The molecule has 0 unspecified atom stereocenters. The molecule has 0 aliphatic rings. The third-order valence-electron chi connectivity index (χ3n) is 3.76. The van der Waals surface area contributed by atoms with Gasteiger partial charge in [-0.25, -0.2) is 0 Å². The number of carbonyl (C=O) groups excluding carboxylic acids is 1. The second kappa shape index (κ2) is 7.74. The SMILES string of the molecule is Cc1cc(C)c(C(=O)CN(CC(C)C)CC(C)C)cc1C. The molecule has 0 saturated heterocycles. The molecule has 0 bridgehead atoms. The van der Waals surface area contributed by atoms with Gasteiger partial charge in [-0.3, -0.25) is 9.69 Å². The van der Waals surface area contributed by atoms with Crippen molar-refractivity contribution in [3.63, 3.8) is 0 Å². The second-order valence-electron chi connectivity index (χ2n) is 7.16. The first-order chi connectivity index (χ1) is 9.70. The van der Waals surface area contributed by atoms with Gasteiger partial charge in [0.2, 0.25) is 0 Å². The number of aryl methyl sites for hydroxylation is 3. The normalized spacial score (nSPS) is 11.7. The van der Waals surface area contributed by atoms with Crippen molar-refractivity contribution in [2.75, 3.05) is 19.6 Å². The average Bonchev–Trinajstić information content (AvgIpc) is 2.31. The van der Waals surface area contributed by atoms with Crippen molar-refractivity contribution in [3.05, 3.63) is 34.4 Å². The van der Waals surface area contributed by atoms with Gasteiger partial charge in [-0.1, -0.05) is 33.8 Å². The molecular weight excluding hydrogens is 258 g/mol. The Bertz CT molecular complexity index is 479. The monoisotopic (exact) mass is 289 g/mol. The van der Waals surface area contributed by atoms with Gasteiger partial charge in [0.1, 0.15) is 0 Å². The van der Waals surface area contributed by atoms with Gasteiger partial charge in [0.15, 0.2) is 5.78 Å². The quantitative estimate of drug-likeness (QED) is 0.693. The predicted octanol–water partition coefficient (Wildman–Crippen LogP) is 4.41. The molecule has 2 nitrogen and oxygen atoms in total. The molecule has 2 heteroatoms. The van der Waals surface area contributed by atoms with Crippen LogP contribution in [0.5, 0.6) is 0 Å². The molecule has 21 heavy (non-hydrogen) atoms. The second-order valence-corrected chi connectivity index (χ2v) is 7.16. The zero-order chi connectivity index (χ0) is 16.2. The summed E-state index contributed by atoms with van der Waals surface area (Å²) in [5, 5.41) is 0. The molecule has 0 aliphatic carbocycles. The Balaban J connectivity index is 2.88.